The van der Waals surface area contributed by atoms with Crippen molar-refractivity contribution in [2.45, 2.75) is 0 Å². The molecular formula is C21H14ClN3O5. The van der Waals surface area contributed by atoms with Crippen LogP contribution in [0.5, 0.6) is 5.75 Å². The SMILES string of the molecule is COc1ccc(NC(=O)/C(C#N)=C\c2ccc(-c3cc([N+](=O)[O-])ccc3Cl)o2)cc1. The number of carbonyl (C=O) groups excluding carboxylic acids is 1. The Labute approximate surface area is 176 Å². The molecule has 0 saturated carbocycles. The molecule has 150 valence electrons. The highest BCUT2D eigenvalue weighted by Gasteiger charge is 2.15. The van der Waals surface area contributed by atoms with Crippen LogP contribution in [0.15, 0.2) is 64.6 Å². The topological polar surface area (TPSA) is 118 Å². The fourth-order valence-corrected chi connectivity index (χ4v) is 2.77. The van der Waals surface area contributed by atoms with Crippen molar-refractivity contribution in [2.24, 2.45) is 0 Å². The molecule has 0 aliphatic rings. The molecule has 3 aromatic rings. The lowest BCUT2D eigenvalue weighted by molar-refractivity contribution is -0.384. The molecule has 0 spiro atoms. The number of nitro benzene ring substituents is 1. The zero-order valence-corrected chi connectivity index (χ0v) is 16.3. The van der Waals surface area contributed by atoms with Gasteiger partial charge in [0.1, 0.15) is 28.9 Å². The third-order valence-corrected chi connectivity index (χ3v) is 4.38. The second-order valence-electron chi connectivity index (χ2n) is 5.98. The number of methoxy groups -OCH3 is 1. The van der Waals surface area contributed by atoms with Gasteiger partial charge in [-0.2, -0.15) is 5.26 Å². The molecular weight excluding hydrogens is 410 g/mol. The number of benzene rings is 2. The smallest absolute Gasteiger partial charge is 0.270 e. The number of ether oxygens (including phenoxy) is 1. The van der Waals surface area contributed by atoms with E-state index in [2.05, 4.69) is 5.32 Å². The third-order valence-electron chi connectivity index (χ3n) is 4.05. The number of amides is 1. The number of furan rings is 1. The zero-order valence-electron chi connectivity index (χ0n) is 15.6. The highest BCUT2D eigenvalue weighted by molar-refractivity contribution is 6.33. The lowest BCUT2D eigenvalue weighted by atomic mass is 10.1. The summed E-state index contributed by atoms with van der Waals surface area (Å²) in [5.74, 6) is 0.498. The summed E-state index contributed by atoms with van der Waals surface area (Å²) in [4.78, 5) is 22.8. The van der Waals surface area contributed by atoms with E-state index in [1.165, 1.54) is 37.5 Å². The quantitative estimate of drug-likeness (QED) is 0.256. The normalized spacial score (nSPS) is 10.9. The van der Waals surface area contributed by atoms with Gasteiger partial charge in [-0.3, -0.25) is 14.9 Å². The number of nitro groups is 1. The van der Waals surface area contributed by atoms with Gasteiger partial charge in [-0.1, -0.05) is 11.6 Å². The van der Waals surface area contributed by atoms with Crippen LogP contribution in [0.2, 0.25) is 5.02 Å². The van der Waals surface area contributed by atoms with Gasteiger partial charge < -0.3 is 14.5 Å². The Morgan fingerprint density at radius 2 is 1.97 bits per heavy atom. The summed E-state index contributed by atoms with van der Waals surface area (Å²) >= 11 is 6.12. The van der Waals surface area contributed by atoms with Crippen LogP contribution in [0.4, 0.5) is 11.4 Å². The van der Waals surface area contributed by atoms with Gasteiger partial charge in [0, 0.05) is 29.5 Å². The molecule has 0 atom stereocenters. The minimum atomic E-state index is -0.617. The molecule has 1 aromatic heterocycles. The van der Waals surface area contributed by atoms with E-state index in [1.807, 2.05) is 6.07 Å². The zero-order chi connectivity index (χ0) is 21.7. The second-order valence-corrected chi connectivity index (χ2v) is 6.38. The van der Waals surface area contributed by atoms with Crippen LogP contribution in [0, 0.1) is 21.4 Å². The summed E-state index contributed by atoms with van der Waals surface area (Å²) in [6.07, 6.45) is 1.27. The monoisotopic (exact) mass is 423 g/mol. The largest absolute Gasteiger partial charge is 0.497 e. The number of rotatable bonds is 6. The fraction of sp³-hybridized carbons (Fsp3) is 0.0476. The maximum absolute atomic E-state index is 12.4. The minimum absolute atomic E-state index is 0.139. The molecule has 0 aliphatic heterocycles. The summed E-state index contributed by atoms with van der Waals surface area (Å²) in [5, 5.41) is 23.2. The van der Waals surface area contributed by atoms with Crippen molar-refractivity contribution in [3.63, 3.8) is 0 Å². The van der Waals surface area contributed by atoms with Crippen LogP contribution in [-0.2, 0) is 4.79 Å². The van der Waals surface area contributed by atoms with Gasteiger partial charge in [-0.15, -0.1) is 0 Å². The first-order valence-electron chi connectivity index (χ1n) is 8.52. The van der Waals surface area contributed by atoms with Gasteiger partial charge in [-0.25, -0.2) is 0 Å². The number of hydrogen-bond donors (Lipinski definition) is 1. The molecule has 0 fully saturated rings. The van der Waals surface area contributed by atoms with Gasteiger partial charge in [0.2, 0.25) is 0 Å². The molecule has 9 heteroatoms. The average molecular weight is 424 g/mol. The number of nitrogens with one attached hydrogen (secondary N) is 1. The van der Waals surface area contributed by atoms with Crippen molar-refractivity contribution in [1.29, 1.82) is 5.26 Å². The van der Waals surface area contributed by atoms with Crippen molar-refractivity contribution in [3.8, 4) is 23.1 Å². The molecule has 30 heavy (non-hydrogen) atoms. The molecule has 0 saturated heterocycles. The fourth-order valence-electron chi connectivity index (χ4n) is 2.55. The summed E-state index contributed by atoms with van der Waals surface area (Å²) in [6, 6.07) is 15.5. The number of carbonyl (C=O) groups is 1. The summed E-state index contributed by atoms with van der Waals surface area (Å²) in [5.41, 5.74) is 0.494. The van der Waals surface area contributed by atoms with E-state index in [0.29, 0.717) is 17.0 Å². The van der Waals surface area contributed by atoms with Crippen molar-refractivity contribution in [3.05, 3.63) is 81.1 Å². The lowest BCUT2D eigenvalue weighted by Gasteiger charge is -2.05. The van der Waals surface area contributed by atoms with Crippen LogP contribution < -0.4 is 10.1 Å². The molecule has 0 bridgehead atoms. The Balaban J connectivity index is 1.83. The van der Waals surface area contributed by atoms with Crippen molar-refractivity contribution in [2.75, 3.05) is 12.4 Å². The number of nitriles is 1. The molecule has 0 unspecified atom stereocenters. The predicted molar refractivity (Wildman–Crippen MR) is 111 cm³/mol. The molecule has 1 heterocycles. The molecule has 1 N–H and O–H groups in total. The van der Waals surface area contributed by atoms with E-state index in [1.54, 1.807) is 30.3 Å². The van der Waals surface area contributed by atoms with E-state index >= 15 is 0 Å². The Morgan fingerprint density at radius 1 is 1.23 bits per heavy atom. The number of anilines is 1. The number of non-ortho nitro benzene ring substituents is 1. The maximum Gasteiger partial charge on any atom is 0.270 e. The third kappa shape index (κ3) is 4.66. The number of halogens is 1. The second kappa shape index (κ2) is 8.94. The standard InChI is InChI=1S/C21H14ClN3O5/c1-29-16-5-2-14(3-6-16)24-21(26)13(12-23)10-17-7-9-20(30-17)18-11-15(25(27)28)4-8-19(18)22/h2-11H,1H3,(H,24,26)/b13-10-. The molecule has 1 amide bonds. The van der Waals surface area contributed by atoms with Crippen molar-refractivity contribution < 1.29 is 18.9 Å². The van der Waals surface area contributed by atoms with E-state index in [0.717, 1.165) is 0 Å². The van der Waals surface area contributed by atoms with Crippen molar-refractivity contribution >= 4 is 35.0 Å². The molecule has 0 aliphatic carbocycles. The first-order chi connectivity index (χ1) is 14.4. The van der Waals surface area contributed by atoms with E-state index in [9.17, 15) is 20.2 Å². The van der Waals surface area contributed by atoms with Gasteiger partial charge in [0.25, 0.3) is 11.6 Å². The average Bonchev–Trinajstić information content (AvgIpc) is 3.21. The van der Waals surface area contributed by atoms with Crippen molar-refractivity contribution in [1.82, 2.24) is 0 Å². The highest BCUT2D eigenvalue weighted by atomic mass is 35.5. The van der Waals surface area contributed by atoms with Crippen LogP contribution >= 0.6 is 11.6 Å². The Bertz CT molecular complexity index is 1180. The predicted octanol–water partition coefficient (Wildman–Crippen LogP) is 5.06. The first kappa shape index (κ1) is 20.6. The molecule has 8 nitrogen and oxygen atoms in total. The maximum atomic E-state index is 12.4. The van der Waals surface area contributed by atoms with E-state index in [4.69, 9.17) is 20.8 Å². The van der Waals surface area contributed by atoms with Gasteiger partial charge >= 0.3 is 0 Å². The number of nitrogens with zero attached hydrogens (tertiary/aromatic N) is 2. The van der Waals surface area contributed by atoms with E-state index < -0.39 is 10.8 Å². The Kier molecular flexibility index (Phi) is 6.15. The molecule has 3 rings (SSSR count). The van der Waals surface area contributed by atoms with E-state index in [-0.39, 0.29) is 27.8 Å². The minimum Gasteiger partial charge on any atom is -0.497 e. The summed E-state index contributed by atoms with van der Waals surface area (Å²) < 4.78 is 10.7. The van der Waals surface area contributed by atoms with Crippen LogP contribution in [-0.4, -0.2) is 17.9 Å². The Morgan fingerprint density at radius 3 is 2.60 bits per heavy atom. The first-order valence-corrected chi connectivity index (χ1v) is 8.90. The van der Waals surface area contributed by atoms with Gasteiger partial charge in [-0.05, 0) is 42.5 Å². The van der Waals surface area contributed by atoms with Crippen LogP contribution in [0.1, 0.15) is 5.76 Å². The van der Waals surface area contributed by atoms with Gasteiger partial charge in [0.05, 0.1) is 17.1 Å². The summed E-state index contributed by atoms with van der Waals surface area (Å²) in [6.45, 7) is 0. The summed E-state index contributed by atoms with van der Waals surface area (Å²) in [7, 11) is 1.53. The van der Waals surface area contributed by atoms with Crippen LogP contribution in [0.25, 0.3) is 17.4 Å². The highest BCUT2D eigenvalue weighted by Crippen LogP contribution is 2.33. The van der Waals surface area contributed by atoms with Gasteiger partial charge in [0.15, 0.2) is 0 Å². The van der Waals surface area contributed by atoms with Crippen LogP contribution in [0.3, 0.4) is 0 Å². The molecule has 0 radical (unpaired) electrons. The Hall–Kier alpha value is -4.09. The lowest BCUT2D eigenvalue weighted by Crippen LogP contribution is -2.13. The number of hydrogen-bond acceptors (Lipinski definition) is 6. The molecule has 2 aromatic carbocycles.